The van der Waals surface area contributed by atoms with Crippen molar-refractivity contribution in [1.29, 1.82) is 5.41 Å². The number of nitrogens with two attached hydrogens (primary N) is 2. The molecule has 0 aromatic heterocycles. The van der Waals surface area contributed by atoms with E-state index in [1.807, 2.05) is 0 Å². The number of phenolic OH excluding ortho intramolecular Hbond substituents is 1. The van der Waals surface area contributed by atoms with E-state index in [0.717, 1.165) is 5.56 Å². The van der Waals surface area contributed by atoms with Gasteiger partial charge in [0.15, 0.2) is 11.7 Å². The zero-order chi connectivity index (χ0) is 21.2. The normalized spacial score (nSPS) is 12.6. The summed E-state index contributed by atoms with van der Waals surface area (Å²) in [4.78, 5) is 25.4. The molecular formula is C21H26N5O3. The summed E-state index contributed by atoms with van der Waals surface area (Å²) >= 11 is 0. The topological polar surface area (TPSA) is 154 Å². The maximum absolute atomic E-state index is 12.8. The Morgan fingerprint density at radius 3 is 2.41 bits per heavy atom. The first-order valence-electron chi connectivity index (χ1n) is 9.29. The number of ketones is 1. The molecule has 0 saturated carbocycles. The maximum Gasteiger partial charge on any atom is 0.237 e. The lowest BCUT2D eigenvalue weighted by molar-refractivity contribution is -0.122. The fourth-order valence-corrected chi connectivity index (χ4v) is 2.81. The van der Waals surface area contributed by atoms with Crippen LogP contribution in [0.1, 0.15) is 28.8 Å². The summed E-state index contributed by atoms with van der Waals surface area (Å²) in [5, 5.41) is 22.0. The third-order valence-corrected chi connectivity index (χ3v) is 4.35. The average Bonchev–Trinajstić information content (AvgIpc) is 2.71. The van der Waals surface area contributed by atoms with Gasteiger partial charge in [0.1, 0.15) is 5.75 Å². The molecule has 153 valence electrons. The summed E-state index contributed by atoms with van der Waals surface area (Å²) in [7, 11) is 0. The van der Waals surface area contributed by atoms with Crippen LogP contribution in [0.5, 0.6) is 5.75 Å². The summed E-state index contributed by atoms with van der Waals surface area (Å²) in [6.45, 7) is 0.414. The third-order valence-electron chi connectivity index (χ3n) is 4.35. The van der Waals surface area contributed by atoms with Crippen LogP contribution in [0.2, 0.25) is 0 Å². The lowest BCUT2D eigenvalue weighted by Gasteiger charge is -2.20. The van der Waals surface area contributed by atoms with Crippen molar-refractivity contribution in [2.24, 2.45) is 11.5 Å². The van der Waals surface area contributed by atoms with E-state index < -0.39 is 18.0 Å². The highest BCUT2D eigenvalue weighted by molar-refractivity contribution is 6.02. The van der Waals surface area contributed by atoms with Gasteiger partial charge in [-0.15, -0.1) is 0 Å². The van der Waals surface area contributed by atoms with Crippen molar-refractivity contribution < 1.29 is 14.7 Å². The minimum atomic E-state index is -0.839. The summed E-state index contributed by atoms with van der Waals surface area (Å²) in [5.41, 5.74) is 12.6. The van der Waals surface area contributed by atoms with Crippen LogP contribution >= 0.6 is 0 Å². The summed E-state index contributed by atoms with van der Waals surface area (Å²) < 4.78 is 0. The van der Waals surface area contributed by atoms with Crippen molar-refractivity contribution in [1.82, 2.24) is 10.6 Å². The predicted octanol–water partition coefficient (Wildman–Crippen LogP) is 0.693. The number of phenols is 1. The first-order valence-corrected chi connectivity index (χ1v) is 9.29. The van der Waals surface area contributed by atoms with Gasteiger partial charge in [-0.3, -0.25) is 15.0 Å². The Balaban J connectivity index is 2.02. The number of guanidine groups is 1. The number of amides is 1. The fraction of sp³-hybridized carbons (Fsp3) is 0.286. The zero-order valence-electron chi connectivity index (χ0n) is 16.0. The van der Waals surface area contributed by atoms with E-state index in [1.165, 1.54) is 12.1 Å². The lowest BCUT2D eigenvalue weighted by Crippen LogP contribution is -2.49. The SMILES string of the molecule is N=C(N)NCCC[C@H](NC(=O)[C@@H](N)Cc1ccc(O)cc1)C(=O)c1cc[c]cc1. The molecule has 0 saturated heterocycles. The highest BCUT2D eigenvalue weighted by atomic mass is 16.3. The molecule has 0 unspecified atom stereocenters. The monoisotopic (exact) mass is 396 g/mol. The van der Waals surface area contributed by atoms with Crippen LogP contribution in [0.4, 0.5) is 0 Å². The van der Waals surface area contributed by atoms with E-state index in [4.69, 9.17) is 16.9 Å². The number of benzene rings is 2. The molecule has 0 aliphatic heterocycles. The second kappa shape index (κ2) is 10.8. The molecule has 1 radical (unpaired) electrons. The number of rotatable bonds is 10. The smallest absolute Gasteiger partial charge is 0.237 e. The zero-order valence-corrected chi connectivity index (χ0v) is 16.0. The van der Waals surface area contributed by atoms with Gasteiger partial charge in [0.2, 0.25) is 5.91 Å². The minimum absolute atomic E-state index is 0.136. The molecule has 0 bridgehead atoms. The standard InChI is InChI=1S/C21H26N5O3/c22-17(13-14-8-10-16(27)11-9-14)20(29)26-18(7-4-12-25-21(23)24)19(28)15-5-2-1-3-6-15/h2-3,5-6,8-11,17-18,27H,4,7,12-13,22H2,(H,26,29)(H4,23,24,25)/t17-,18-/m0/s1. The van der Waals surface area contributed by atoms with Gasteiger partial charge in [0.05, 0.1) is 12.1 Å². The Kier molecular flexibility index (Phi) is 8.17. The number of carbonyl (C=O) groups excluding carboxylic acids is 2. The maximum atomic E-state index is 12.8. The highest BCUT2D eigenvalue weighted by Crippen LogP contribution is 2.12. The molecule has 0 aliphatic carbocycles. The van der Waals surface area contributed by atoms with E-state index in [9.17, 15) is 14.7 Å². The van der Waals surface area contributed by atoms with Gasteiger partial charge in [0.25, 0.3) is 0 Å². The molecule has 8 heteroatoms. The van der Waals surface area contributed by atoms with Crippen LogP contribution in [0.15, 0.2) is 48.5 Å². The van der Waals surface area contributed by atoms with Crippen LogP contribution in [0.25, 0.3) is 0 Å². The molecule has 0 aliphatic rings. The van der Waals surface area contributed by atoms with Crippen molar-refractivity contribution in [2.45, 2.75) is 31.3 Å². The molecule has 0 heterocycles. The molecule has 8 N–H and O–H groups in total. The molecule has 29 heavy (non-hydrogen) atoms. The number of Topliss-reactive ketones (excluding diaryl/α,β-unsaturated/α-hetero) is 1. The Morgan fingerprint density at radius 1 is 1.14 bits per heavy atom. The van der Waals surface area contributed by atoms with Crippen LogP contribution in [0.3, 0.4) is 0 Å². The van der Waals surface area contributed by atoms with E-state index in [1.54, 1.807) is 36.4 Å². The van der Waals surface area contributed by atoms with Gasteiger partial charge in [-0.2, -0.15) is 0 Å². The molecule has 8 nitrogen and oxygen atoms in total. The Bertz CT molecular complexity index is 824. The number of hydrogen-bond donors (Lipinski definition) is 6. The number of nitrogens with one attached hydrogen (secondary N) is 3. The van der Waals surface area contributed by atoms with Crippen LogP contribution in [-0.4, -0.2) is 41.4 Å². The van der Waals surface area contributed by atoms with Crippen molar-refractivity contribution >= 4 is 17.6 Å². The highest BCUT2D eigenvalue weighted by Gasteiger charge is 2.24. The van der Waals surface area contributed by atoms with E-state index >= 15 is 0 Å². The molecule has 0 spiro atoms. The van der Waals surface area contributed by atoms with Crippen molar-refractivity contribution in [3.63, 3.8) is 0 Å². The molecule has 2 atom stereocenters. The Labute approximate surface area is 169 Å². The van der Waals surface area contributed by atoms with Gasteiger partial charge in [-0.05, 0) is 43.0 Å². The summed E-state index contributed by atoms with van der Waals surface area (Å²) in [6, 6.07) is 14.3. The first kappa shape index (κ1) is 21.9. The van der Waals surface area contributed by atoms with Crippen molar-refractivity contribution in [3.8, 4) is 5.75 Å². The second-order valence-electron chi connectivity index (χ2n) is 6.67. The number of aromatic hydroxyl groups is 1. The van der Waals surface area contributed by atoms with Gasteiger partial charge < -0.3 is 27.2 Å². The van der Waals surface area contributed by atoms with Crippen LogP contribution in [0, 0.1) is 11.5 Å². The summed E-state index contributed by atoms with van der Waals surface area (Å²) in [6.07, 6.45) is 1.18. The largest absolute Gasteiger partial charge is 0.508 e. The van der Waals surface area contributed by atoms with Gasteiger partial charge in [0, 0.05) is 12.1 Å². The quantitative estimate of drug-likeness (QED) is 0.150. The van der Waals surface area contributed by atoms with Crippen molar-refractivity contribution in [2.75, 3.05) is 6.54 Å². The minimum Gasteiger partial charge on any atom is -0.508 e. The lowest BCUT2D eigenvalue weighted by atomic mass is 9.99. The van der Waals surface area contributed by atoms with Crippen molar-refractivity contribution in [3.05, 3.63) is 65.7 Å². The van der Waals surface area contributed by atoms with Gasteiger partial charge in [-0.25, -0.2) is 0 Å². The Morgan fingerprint density at radius 2 is 1.79 bits per heavy atom. The molecule has 0 fully saturated rings. The number of hydrogen-bond acceptors (Lipinski definition) is 5. The van der Waals surface area contributed by atoms with Gasteiger partial charge in [-0.1, -0.05) is 36.4 Å². The van der Waals surface area contributed by atoms with E-state index in [2.05, 4.69) is 16.7 Å². The predicted molar refractivity (Wildman–Crippen MR) is 110 cm³/mol. The van der Waals surface area contributed by atoms with E-state index in [-0.39, 0.29) is 23.9 Å². The molecule has 2 aromatic rings. The van der Waals surface area contributed by atoms with Crippen LogP contribution < -0.4 is 22.1 Å². The summed E-state index contributed by atoms with van der Waals surface area (Å²) in [5.74, 6) is -0.659. The van der Waals surface area contributed by atoms with E-state index in [0.29, 0.717) is 24.9 Å². The fourth-order valence-electron chi connectivity index (χ4n) is 2.81. The molecule has 1 amide bonds. The average molecular weight is 396 g/mol. The number of carbonyl (C=O) groups is 2. The second-order valence-corrected chi connectivity index (χ2v) is 6.67. The molecule has 2 rings (SSSR count). The third kappa shape index (κ3) is 7.27. The molecular weight excluding hydrogens is 370 g/mol. The molecule has 2 aromatic carbocycles. The first-order chi connectivity index (χ1) is 13.9. The van der Waals surface area contributed by atoms with Gasteiger partial charge >= 0.3 is 0 Å². The van der Waals surface area contributed by atoms with Crippen LogP contribution in [-0.2, 0) is 11.2 Å². The Hall–Kier alpha value is -3.39.